The number of halogens is 2. The molecule has 1 fully saturated rings. The van der Waals surface area contributed by atoms with Gasteiger partial charge in [0.05, 0.1) is 23.9 Å². The average Bonchev–Trinajstić information content (AvgIpc) is 2.69. The largest absolute Gasteiger partial charge is 0.609 e. The number of nitriles is 1. The Hall–Kier alpha value is -2.42. The van der Waals surface area contributed by atoms with E-state index in [1.807, 2.05) is 0 Å². The first-order chi connectivity index (χ1) is 14.5. The number of piperazine rings is 1. The van der Waals surface area contributed by atoms with Crippen LogP contribution in [0.5, 0.6) is 0 Å². The Morgan fingerprint density at radius 2 is 2.16 bits per heavy atom. The lowest BCUT2D eigenvalue weighted by Crippen LogP contribution is -2.56. The van der Waals surface area contributed by atoms with Gasteiger partial charge in [0, 0.05) is 37.0 Å². The minimum Gasteiger partial charge on any atom is -0.609 e. The number of aromatic nitrogens is 3. The van der Waals surface area contributed by atoms with Crippen LogP contribution in [-0.2, 0) is 15.9 Å². The van der Waals surface area contributed by atoms with Crippen molar-refractivity contribution in [2.24, 2.45) is 0 Å². The van der Waals surface area contributed by atoms with Crippen molar-refractivity contribution in [1.82, 2.24) is 19.9 Å². The van der Waals surface area contributed by atoms with E-state index in [2.05, 4.69) is 21.0 Å². The third-order valence-corrected chi connectivity index (χ3v) is 5.56. The van der Waals surface area contributed by atoms with Crippen LogP contribution in [0.25, 0.3) is 10.9 Å². The number of rotatable bonds is 3. The first kappa shape index (κ1) is 23.2. The molecule has 0 radical (unpaired) electrons. The summed E-state index contributed by atoms with van der Waals surface area (Å²) >= 11 is 4.23. The van der Waals surface area contributed by atoms with Crippen LogP contribution < -0.4 is 4.90 Å². The lowest BCUT2D eigenvalue weighted by molar-refractivity contribution is 0.0145. The fraction of sp³-hybridized carbons (Fsp3) is 0.526. The Labute approximate surface area is 187 Å². The van der Waals surface area contributed by atoms with Crippen molar-refractivity contribution in [3.63, 3.8) is 0 Å². The van der Waals surface area contributed by atoms with Gasteiger partial charge >= 0.3 is 11.2 Å². The molecule has 0 saturated carbocycles. The van der Waals surface area contributed by atoms with Gasteiger partial charge in [0.1, 0.15) is 23.2 Å². The molecule has 3 rings (SSSR count). The molecule has 0 spiro atoms. The fourth-order valence-electron chi connectivity index (χ4n) is 3.26. The third-order valence-electron chi connectivity index (χ3n) is 4.60. The number of hydrogen-bond acceptors (Lipinski definition) is 8. The first-order valence-electron chi connectivity index (χ1n) is 9.48. The van der Waals surface area contributed by atoms with E-state index in [-0.39, 0.29) is 35.3 Å². The van der Waals surface area contributed by atoms with Crippen LogP contribution in [0, 0.1) is 17.1 Å². The molecule has 2 aromatic rings. The maximum Gasteiger partial charge on any atom is 0.410 e. The number of amides is 1. The topological polar surface area (TPSA) is 118 Å². The summed E-state index contributed by atoms with van der Waals surface area (Å²) in [5.74, 6) is -0.500. The summed E-state index contributed by atoms with van der Waals surface area (Å²) in [4.78, 5) is 28.2. The van der Waals surface area contributed by atoms with E-state index in [1.54, 1.807) is 25.7 Å². The van der Waals surface area contributed by atoms with E-state index in [0.29, 0.717) is 17.7 Å². The molecule has 1 amide bonds. The zero-order valence-corrected chi connectivity index (χ0v) is 19.1. The highest BCUT2D eigenvalue weighted by Crippen LogP contribution is 2.31. The highest BCUT2D eigenvalue weighted by atomic mass is 35.5. The van der Waals surface area contributed by atoms with Crippen molar-refractivity contribution < 1.29 is 18.5 Å². The molecule has 9 nitrogen and oxygen atoms in total. The smallest absolute Gasteiger partial charge is 0.410 e. The number of pyridine rings is 1. The molecule has 3 heterocycles. The molecule has 2 atom stereocenters. The predicted octanol–water partition coefficient (Wildman–Crippen LogP) is 2.89. The summed E-state index contributed by atoms with van der Waals surface area (Å²) in [6.45, 7) is 6.17. The molecule has 0 aromatic carbocycles. The second kappa shape index (κ2) is 8.98. The number of anilines is 1. The van der Waals surface area contributed by atoms with E-state index in [0.717, 1.165) is 0 Å². The highest BCUT2D eigenvalue weighted by Gasteiger charge is 2.35. The number of hydrogen-bond donors (Lipinski definition) is 0. The molecule has 2 aromatic heterocycles. The van der Waals surface area contributed by atoms with Crippen molar-refractivity contribution in [2.45, 2.75) is 44.0 Å². The van der Waals surface area contributed by atoms with Gasteiger partial charge in [0.15, 0.2) is 11.0 Å². The molecule has 12 heteroatoms. The zero-order chi connectivity index (χ0) is 22.9. The lowest BCUT2D eigenvalue weighted by atomic mass is 10.1. The van der Waals surface area contributed by atoms with Crippen LogP contribution in [0.15, 0.2) is 11.4 Å². The van der Waals surface area contributed by atoms with E-state index >= 15 is 0 Å². The van der Waals surface area contributed by atoms with Crippen LogP contribution in [0.3, 0.4) is 0 Å². The van der Waals surface area contributed by atoms with Crippen molar-refractivity contribution in [3.05, 3.63) is 17.2 Å². The average molecular weight is 469 g/mol. The molecule has 166 valence electrons. The Bertz CT molecular complexity index is 1040. The van der Waals surface area contributed by atoms with E-state index in [4.69, 9.17) is 16.3 Å². The van der Waals surface area contributed by atoms with E-state index in [1.165, 1.54) is 17.4 Å². The van der Waals surface area contributed by atoms with Gasteiger partial charge in [-0.15, -0.1) is 0 Å². The predicted molar refractivity (Wildman–Crippen MR) is 114 cm³/mol. The lowest BCUT2D eigenvalue weighted by Gasteiger charge is -2.41. The van der Waals surface area contributed by atoms with Crippen molar-refractivity contribution in [1.29, 1.82) is 5.26 Å². The molecule has 1 unspecified atom stereocenters. The van der Waals surface area contributed by atoms with Crippen LogP contribution in [0.4, 0.5) is 15.0 Å². The van der Waals surface area contributed by atoms with Gasteiger partial charge in [0.2, 0.25) is 0 Å². The van der Waals surface area contributed by atoms with Crippen LogP contribution in [0.1, 0.15) is 27.2 Å². The van der Waals surface area contributed by atoms with Crippen LogP contribution in [0.2, 0.25) is 5.15 Å². The number of nitrogens with zero attached hydrogens (tertiary/aromatic N) is 6. The van der Waals surface area contributed by atoms with Gasteiger partial charge < -0.3 is 19.1 Å². The molecule has 1 saturated heterocycles. The molecule has 1 aliphatic heterocycles. The number of carbonyl (C=O) groups is 1. The van der Waals surface area contributed by atoms with Gasteiger partial charge in [-0.2, -0.15) is 15.2 Å². The van der Waals surface area contributed by atoms with Gasteiger partial charge in [0.25, 0.3) is 0 Å². The maximum atomic E-state index is 14.6. The number of ether oxygens (including phenoxy) is 1. The Balaban J connectivity index is 1.99. The number of fused-ring (bicyclic) bond motifs is 1. The number of carbonyl (C=O) groups excluding carboxylic acids is 1. The molecule has 31 heavy (non-hydrogen) atoms. The Morgan fingerprint density at radius 1 is 1.45 bits per heavy atom. The van der Waals surface area contributed by atoms with Gasteiger partial charge in [-0.1, -0.05) is 11.6 Å². The Kier molecular flexibility index (Phi) is 6.73. The SMILES string of the molecule is C[S+]([O-])c1nc(N2CCN(C(=O)OC(C)(C)C)[C@@H](CC#N)C2)c2cnc(Cl)c(F)c2n1. The molecule has 0 bridgehead atoms. The molecular weight excluding hydrogens is 447 g/mol. The molecule has 0 N–H and O–H groups in total. The second-order valence-electron chi connectivity index (χ2n) is 8.04. The maximum absolute atomic E-state index is 14.6. The summed E-state index contributed by atoms with van der Waals surface area (Å²) in [6.07, 6.45) is 2.32. The quantitative estimate of drug-likeness (QED) is 0.383. The Morgan fingerprint density at radius 3 is 2.77 bits per heavy atom. The highest BCUT2D eigenvalue weighted by molar-refractivity contribution is 7.90. The van der Waals surface area contributed by atoms with Crippen molar-refractivity contribution >= 4 is 45.6 Å². The standard InChI is InChI=1S/C19H22ClFN6O3S/c1-19(2,3)30-18(28)27-8-7-26(10-11(27)5-6-22)16-12-9-23-15(20)13(21)14(12)24-17(25-16)31(4)29/h9,11H,5,7-8,10H2,1-4H3/t11-,31?/m0/s1. The summed E-state index contributed by atoms with van der Waals surface area (Å²) in [7, 11) is 0. The minimum absolute atomic E-state index is 0.0462. The van der Waals surface area contributed by atoms with Gasteiger partial charge in [-0.25, -0.2) is 14.2 Å². The van der Waals surface area contributed by atoms with E-state index in [9.17, 15) is 19.0 Å². The second-order valence-corrected chi connectivity index (χ2v) is 9.68. The summed E-state index contributed by atoms with van der Waals surface area (Å²) < 4.78 is 32.1. The normalized spacial score (nSPS) is 18.1. The summed E-state index contributed by atoms with van der Waals surface area (Å²) in [5.41, 5.74) is -0.752. The van der Waals surface area contributed by atoms with Crippen molar-refractivity contribution in [3.8, 4) is 6.07 Å². The minimum atomic E-state index is -1.57. The zero-order valence-electron chi connectivity index (χ0n) is 17.6. The monoisotopic (exact) mass is 468 g/mol. The summed E-state index contributed by atoms with van der Waals surface area (Å²) in [5, 5.41) is 9.19. The molecule has 0 aliphatic carbocycles. The molecular formula is C19H22ClFN6O3S. The van der Waals surface area contributed by atoms with Crippen LogP contribution in [-0.4, -0.2) is 68.0 Å². The van der Waals surface area contributed by atoms with Gasteiger partial charge in [-0.05, 0) is 20.8 Å². The first-order valence-corrected chi connectivity index (χ1v) is 11.4. The summed E-state index contributed by atoms with van der Waals surface area (Å²) in [6, 6.07) is 1.62. The molecule has 1 aliphatic rings. The van der Waals surface area contributed by atoms with Crippen molar-refractivity contribution in [2.75, 3.05) is 30.8 Å². The van der Waals surface area contributed by atoms with E-state index < -0.39 is 34.7 Å². The van der Waals surface area contributed by atoms with Crippen LogP contribution >= 0.6 is 11.6 Å². The third kappa shape index (κ3) is 5.08. The fourth-order valence-corrected chi connectivity index (χ4v) is 3.83. The van der Waals surface area contributed by atoms with Gasteiger partial charge in [-0.3, -0.25) is 0 Å².